The van der Waals surface area contributed by atoms with E-state index in [4.69, 9.17) is 23.4 Å². The Hall–Kier alpha value is -4.59. The highest BCUT2D eigenvalue weighted by atomic mass is 16.6. The Morgan fingerprint density at radius 2 is 1.65 bits per heavy atom. The maximum absolute atomic E-state index is 13.0. The molecule has 0 bridgehead atoms. The molecule has 0 saturated carbocycles. The molecule has 1 atom stereocenters. The average molecular weight is 501 g/mol. The van der Waals surface area contributed by atoms with Crippen LogP contribution in [0.2, 0.25) is 0 Å². The molecule has 37 heavy (non-hydrogen) atoms. The molecule has 0 N–H and O–H groups in total. The van der Waals surface area contributed by atoms with E-state index >= 15 is 0 Å². The largest absolute Gasteiger partial charge is 0.493 e. The average Bonchev–Trinajstić information content (AvgIpc) is 2.87. The Labute approximate surface area is 212 Å². The summed E-state index contributed by atoms with van der Waals surface area (Å²) in [6.45, 7) is 3.17. The van der Waals surface area contributed by atoms with Crippen LogP contribution in [0.5, 0.6) is 23.0 Å². The smallest absolute Gasteiger partial charge is 0.336 e. The van der Waals surface area contributed by atoms with Crippen LogP contribution in [0.3, 0.4) is 0 Å². The Bertz CT molecular complexity index is 1580. The summed E-state index contributed by atoms with van der Waals surface area (Å²) in [6.07, 6.45) is 0.0655. The summed E-state index contributed by atoms with van der Waals surface area (Å²) in [5.74, 6) is -0.293. The van der Waals surface area contributed by atoms with Gasteiger partial charge in [0.2, 0.25) is 5.75 Å². The van der Waals surface area contributed by atoms with E-state index in [1.807, 2.05) is 37.3 Å². The Balaban J connectivity index is 1.79. The first-order valence-electron chi connectivity index (χ1n) is 11.6. The molecule has 0 fully saturated rings. The normalized spacial score (nSPS) is 14.6. The third-order valence-corrected chi connectivity index (χ3v) is 6.38. The summed E-state index contributed by atoms with van der Waals surface area (Å²) in [4.78, 5) is 37.0. The molecule has 5 rings (SSSR count). The highest BCUT2D eigenvalue weighted by molar-refractivity contribution is 6.01. The predicted octanol–water partition coefficient (Wildman–Crippen LogP) is 5.15. The second-order valence-electron chi connectivity index (χ2n) is 8.73. The maximum atomic E-state index is 13.0. The number of carbonyl (C=O) groups is 2. The third-order valence-electron chi connectivity index (χ3n) is 6.38. The number of aryl methyl sites for hydroxylation is 1. The number of methoxy groups -OCH3 is 2. The molecule has 0 amide bonds. The van der Waals surface area contributed by atoms with Crippen molar-refractivity contribution >= 4 is 22.9 Å². The van der Waals surface area contributed by atoms with Crippen molar-refractivity contribution in [2.45, 2.75) is 26.2 Å². The third kappa shape index (κ3) is 4.31. The number of hydrogen-bond acceptors (Lipinski definition) is 8. The zero-order valence-electron chi connectivity index (χ0n) is 20.7. The quantitative estimate of drug-likeness (QED) is 0.211. The molecule has 0 spiro atoms. The monoisotopic (exact) mass is 500 g/mol. The van der Waals surface area contributed by atoms with Gasteiger partial charge in [0, 0.05) is 30.0 Å². The number of carbonyl (C=O) groups excluding carboxylic acids is 2. The number of esters is 2. The van der Waals surface area contributed by atoms with Crippen molar-refractivity contribution in [2.24, 2.45) is 0 Å². The lowest BCUT2D eigenvalue weighted by atomic mass is 9.82. The van der Waals surface area contributed by atoms with Crippen LogP contribution >= 0.6 is 0 Å². The van der Waals surface area contributed by atoms with Crippen LogP contribution in [0, 0.1) is 6.92 Å². The van der Waals surface area contributed by atoms with Gasteiger partial charge in [0.15, 0.2) is 11.5 Å². The summed E-state index contributed by atoms with van der Waals surface area (Å²) in [6, 6.07) is 16.0. The van der Waals surface area contributed by atoms with E-state index in [0.717, 1.165) is 16.7 Å². The molecule has 0 radical (unpaired) electrons. The molecule has 0 saturated heterocycles. The Morgan fingerprint density at radius 1 is 0.973 bits per heavy atom. The molecule has 3 aromatic carbocycles. The lowest BCUT2D eigenvalue weighted by molar-refractivity contribution is -0.135. The fourth-order valence-electron chi connectivity index (χ4n) is 4.87. The van der Waals surface area contributed by atoms with Crippen LogP contribution in [0.4, 0.5) is 0 Å². The molecule has 1 unspecified atom stereocenters. The minimum Gasteiger partial charge on any atom is -0.493 e. The molecule has 1 aliphatic heterocycles. The Morgan fingerprint density at radius 3 is 2.27 bits per heavy atom. The van der Waals surface area contributed by atoms with Gasteiger partial charge < -0.3 is 23.4 Å². The predicted molar refractivity (Wildman–Crippen MR) is 136 cm³/mol. The maximum Gasteiger partial charge on any atom is 0.336 e. The molecule has 1 aliphatic rings. The van der Waals surface area contributed by atoms with Gasteiger partial charge in [0.05, 0.1) is 26.0 Å². The minimum atomic E-state index is -0.520. The van der Waals surface area contributed by atoms with Crippen molar-refractivity contribution in [3.8, 4) is 34.1 Å². The van der Waals surface area contributed by atoms with Gasteiger partial charge in [-0.05, 0) is 41.8 Å². The van der Waals surface area contributed by atoms with Gasteiger partial charge in [0.1, 0.15) is 11.3 Å². The van der Waals surface area contributed by atoms with E-state index in [2.05, 4.69) is 0 Å². The SMILES string of the molecule is COc1cc(C2CC(=O)Oc3c2c(C)cc2oc(=O)cc(-c4ccccc4)c32)cc(OC)c1OC(C)=O. The molecular weight excluding hydrogens is 476 g/mol. The van der Waals surface area contributed by atoms with Gasteiger partial charge in [-0.2, -0.15) is 0 Å². The molecule has 0 aliphatic carbocycles. The van der Waals surface area contributed by atoms with Crippen molar-refractivity contribution in [1.82, 2.24) is 0 Å². The fourth-order valence-corrected chi connectivity index (χ4v) is 4.87. The number of fused-ring (bicyclic) bond motifs is 3. The highest BCUT2D eigenvalue weighted by Crippen LogP contribution is 2.49. The van der Waals surface area contributed by atoms with Gasteiger partial charge in [-0.1, -0.05) is 30.3 Å². The van der Waals surface area contributed by atoms with Gasteiger partial charge >= 0.3 is 17.6 Å². The van der Waals surface area contributed by atoms with Gasteiger partial charge in [0.25, 0.3) is 0 Å². The van der Waals surface area contributed by atoms with Crippen LogP contribution in [-0.4, -0.2) is 26.2 Å². The van der Waals surface area contributed by atoms with E-state index in [9.17, 15) is 14.4 Å². The minimum absolute atomic E-state index is 0.0655. The summed E-state index contributed by atoms with van der Waals surface area (Å²) in [7, 11) is 2.92. The van der Waals surface area contributed by atoms with E-state index in [-0.39, 0.29) is 12.2 Å². The molecule has 1 aromatic heterocycles. The van der Waals surface area contributed by atoms with Crippen LogP contribution in [0.15, 0.2) is 63.8 Å². The van der Waals surface area contributed by atoms with Crippen molar-refractivity contribution in [3.05, 3.63) is 81.7 Å². The Kier molecular flexibility index (Phi) is 6.17. The second-order valence-corrected chi connectivity index (χ2v) is 8.73. The lowest BCUT2D eigenvalue weighted by Crippen LogP contribution is -2.22. The lowest BCUT2D eigenvalue weighted by Gasteiger charge is -2.29. The second kappa shape index (κ2) is 9.46. The van der Waals surface area contributed by atoms with Gasteiger partial charge in [-0.3, -0.25) is 9.59 Å². The standard InChI is InChI=1S/C29H24O8/c1-15-10-21-27(19(13-24(31)36-21)17-8-6-5-7-9-17)29-26(15)20(14-25(32)37-29)18-11-22(33-3)28(35-16(2)30)23(12-18)34-4/h5-13,20H,14H2,1-4H3. The van der Waals surface area contributed by atoms with Crippen molar-refractivity contribution in [2.75, 3.05) is 14.2 Å². The van der Waals surface area contributed by atoms with Crippen LogP contribution in [0.25, 0.3) is 22.1 Å². The summed E-state index contributed by atoms with van der Waals surface area (Å²) in [5, 5.41) is 0.542. The van der Waals surface area contributed by atoms with Crippen molar-refractivity contribution in [1.29, 1.82) is 0 Å². The first kappa shape index (κ1) is 24.1. The van der Waals surface area contributed by atoms with E-state index in [1.165, 1.54) is 27.2 Å². The van der Waals surface area contributed by atoms with Crippen molar-refractivity contribution in [3.63, 3.8) is 0 Å². The molecule has 8 nitrogen and oxygen atoms in total. The fraction of sp³-hybridized carbons (Fsp3) is 0.207. The number of ether oxygens (including phenoxy) is 4. The number of benzene rings is 3. The zero-order chi connectivity index (χ0) is 26.3. The first-order valence-corrected chi connectivity index (χ1v) is 11.6. The van der Waals surface area contributed by atoms with E-state index in [0.29, 0.717) is 39.3 Å². The molecule has 8 heteroatoms. The molecule has 4 aromatic rings. The van der Waals surface area contributed by atoms with Crippen LogP contribution in [-0.2, 0) is 9.59 Å². The summed E-state index contributed by atoms with van der Waals surface area (Å²) in [5.41, 5.74) is 3.51. The molecule has 2 heterocycles. The van der Waals surface area contributed by atoms with Crippen molar-refractivity contribution < 1.29 is 33.0 Å². The van der Waals surface area contributed by atoms with Gasteiger partial charge in [-0.15, -0.1) is 0 Å². The topological polar surface area (TPSA) is 101 Å². The van der Waals surface area contributed by atoms with E-state index < -0.39 is 23.5 Å². The summed E-state index contributed by atoms with van der Waals surface area (Å²) >= 11 is 0. The molecule has 188 valence electrons. The summed E-state index contributed by atoms with van der Waals surface area (Å²) < 4.78 is 27.7. The van der Waals surface area contributed by atoms with Crippen LogP contribution < -0.4 is 24.6 Å². The van der Waals surface area contributed by atoms with E-state index in [1.54, 1.807) is 18.2 Å². The van der Waals surface area contributed by atoms with Crippen LogP contribution in [0.1, 0.15) is 36.0 Å². The van der Waals surface area contributed by atoms with Gasteiger partial charge in [-0.25, -0.2) is 4.79 Å². The highest BCUT2D eigenvalue weighted by Gasteiger charge is 2.34. The number of hydrogen-bond donors (Lipinski definition) is 0. The zero-order valence-corrected chi connectivity index (χ0v) is 20.7. The first-order chi connectivity index (χ1) is 17.8. The number of rotatable bonds is 5. The molecular formula is C29H24O8.